The van der Waals surface area contributed by atoms with Crippen molar-refractivity contribution in [2.75, 3.05) is 0 Å². The Labute approximate surface area is 121 Å². The molecule has 2 unspecified atom stereocenters. The lowest BCUT2D eigenvalue weighted by Gasteiger charge is -2.39. The molecule has 1 fully saturated rings. The zero-order valence-electron chi connectivity index (χ0n) is 12.7. The summed E-state index contributed by atoms with van der Waals surface area (Å²) < 4.78 is 0. The van der Waals surface area contributed by atoms with Crippen molar-refractivity contribution >= 4 is 11.3 Å². The summed E-state index contributed by atoms with van der Waals surface area (Å²) in [5, 5.41) is 14.2. The van der Waals surface area contributed by atoms with E-state index < -0.39 is 5.60 Å². The maximum Gasteiger partial charge on any atom is 0.0957 e. The molecule has 1 aromatic rings. The van der Waals surface area contributed by atoms with Gasteiger partial charge in [0.2, 0.25) is 0 Å². The minimum absolute atomic E-state index is 0.105. The van der Waals surface area contributed by atoms with Gasteiger partial charge in [0, 0.05) is 17.2 Å². The summed E-state index contributed by atoms with van der Waals surface area (Å²) in [6.45, 7) is 8.77. The van der Waals surface area contributed by atoms with Gasteiger partial charge in [-0.2, -0.15) is 0 Å². The van der Waals surface area contributed by atoms with Crippen LogP contribution in [0.3, 0.4) is 0 Å². The van der Waals surface area contributed by atoms with Gasteiger partial charge in [0.15, 0.2) is 0 Å². The molecule has 1 saturated carbocycles. The molecule has 1 N–H and O–H groups in total. The van der Waals surface area contributed by atoms with Crippen LogP contribution in [-0.2, 0) is 11.8 Å². The van der Waals surface area contributed by atoms with Crippen molar-refractivity contribution in [2.24, 2.45) is 5.92 Å². The molecule has 0 radical (unpaired) electrons. The average molecular weight is 281 g/mol. The predicted molar refractivity (Wildman–Crippen MR) is 81.7 cm³/mol. The highest BCUT2D eigenvalue weighted by molar-refractivity contribution is 7.09. The highest BCUT2D eigenvalue weighted by Gasteiger charge is 2.38. The van der Waals surface area contributed by atoms with Crippen molar-refractivity contribution in [3.05, 3.63) is 16.1 Å². The third-order valence-electron chi connectivity index (χ3n) is 4.44. The molecular weight excluding hydrogens is 254 g/mol. The number of aliphatic hydroxyl groups is 1. The van der Waals surface area contributed by atoms with Crippen LogP contribution in [0.1, 0.15) is 70.5 Å². The molecule has 1 aliphatic rings. The van der Waals surface area contributed by atoms with Gasteiger partial charge in [-0.15, -0.1) is 11.3 Å². The molecule has 0 amide bonds. The maximum atomic E-state index is 11.0. The molecule has 1 aromatic heterocycles. The number of thiazole rings is 1. The molecule has 2 nitrogen and oxygen atoms in total. The van der Waals surface area contributed by atoms with Crippen LogP contribution in [0.2, 0.25) is 0 Å². The highest BCUT2D eigenvalue weighted by Crippen LogP contribution is 2.39. The standard InChI is InChI=1S/C16H27NOS/c1-5-12-8-6-7-9-16(12,18)10-14-17-13(11-19-14)15(2,3)4/h11-12,18H,5-10H2,1-4H3. The first kappa shape index (κ1) is 15.0. The Hall–Kier alpha value is -0.410. The minimum Gasteiger partial charge on any atom is -0.389 e. The normalized spacial score (nSPS) is 28.6. The van der Waals surface area contributed by atoms with E-state index in [1.165, 1.54) is 12.8 Å². The SMILES string of the molecule is CCC1CCCCC1(O)Cc1nc(C(C)(C)C)cs1. The van der Waals surface area contributed by atoms with Gasteiger partial charge in [-0.25, -0.2) is 4.98 Å². The first-order chi connectivity index (χ1) is 8.85. The van der Waals surface area contributed by atoms with E-state index in [0.717, 1.165) is 36.4 Å². The smallest absolute Gasteiger partial charge is 0.0957 e. The van der Waals surface area contributed by atoms with Crippen molar-refractivity contribution in [3.8, 4) is 0 Å². The molecule has 108 valence electrons. The fourth-order valence-electron chi connectivity index (χ4n) is 3.11. The number of nitrogens with zero attached hydrogens (tertiary/aromatic N) is 1. The van der Waals surface area contributed by atoms with E-state index >= 15 is 0 Å². The molecular formula is C16H27NOS. The molecule has 2 rings (SSSR count). The monoisotopic (exact) mass is 281 g/mol. The summed E-state index contributed by atoms with van der Waals surface area (Å²) in [6, 6.07) is 0. The molecule has 1 aliphatic carbocycles. The number of rotatable bonds is 3. The maximum absolute atomic E-state index is 11.0. The Morgan fingerprint density at radius 2 is 2.16 bits per heavy atom. The van der Waals surface area contributed by atoms with Crippen LogP contribution in [0.4, 0.5) is 0 Å². The Morgan fingerprint density at radius 1 is 1.42 bits per heavy atom. The largest absolute Gasteiger partial charge is 0.389 e. The van der Waals surface area contributed by atoms with Crippen LogP contribution in [-0.4, -0.2) is 15.7 Å². The molecule has 0 aromatic carbocycles. The number of hydrogen-bond acceptors (Lipinski definition) is 3. The van der Waals surface area contributed by atoms with Crippen LogP contribution >= 0.6 is 11.3 Å². The van der Waals surface area contributed by atoms with Crippen LogP contribution in [0.5, 0.6) is 0 Å². The second kappa shape index (κ2) is 5.53. The van der Waals surface area contributed by atoms with Gasteiger partial charge in [0.25, 0.3) is 0 Å². The average Bonchev–Trinajstić information content (AvgIpc) is 2.77. The van der Waals surface area contributed by atoms with E-state index in [2.05, 4.69) is 33.1 Å². The van der Waals surface area contributed by atoms with E-state index in [9.17, 15) is 5.11 Å². The fourth-order valence-corrected chi connectivity index (χ4v) is 4.25. The minimum atomic E-state index is -0.514. The van der Waals surface area contributed by atoms with Gasteiger partial charge in [-0.1, -0.05) is 47.0 Å². The Morgan fingerprint density at radius 3 is 2.74 bits per heavy atom. The lowest BCUT2D eigenvalue weighted by atomic mass is 9.72. The highest BCUT2D eigenvalue weighted by atomic mass is 32.1. The molecule has 19 heavy (non-hydrogen) atoms. The summed E-state index contributed by atoms with van der Waals surface area (Å²) in [5.41, 5.74) is 0.744. The van der Waals surface area contributed by atoms with Crippen molar-refractivity contribution in [3.63, 3.8) is 0 Å². The van der Waals surface area contributed by atoms with E-state index in [4.69, 9.17) is 4.98 Å². The van der Waals surface area contributed by atoms with E-state index in [1.807, 2.05) is 0 Å². The summed E-state index contributed by atoms with van der Waals surface area (Å²) in [6.07, 6.45) is 6.36. The molecule has 0 bridgehead atoms. The second-order valence-corrected chi connectivity index (χ2v) is 7.95. The lowest BCUT2D eigenvalue weighted by molar-refractivity contribution is -0.0491. The number of hydrogen-bond donors (Lipinski definition) is 1. The van der Waals surface area contributed by atoms with Crippen LogP contribution in [0, 0.1) is 5.92 Å². The Balaban J connectivity index is 2.13. The van der Waals surface area contributed by atoms with Gasteiger partial charge in [0.1, 0.15) is 0 Å². The van der Waals surface area contributed by atoms with Gasteiger partial charge < -0.3 is 5.11 Å². The third kappa shape index (κ3) is 3.38. The van der Waals surface area contributed by atoms with Crippen molar-refractivity contribution < 1.29 is 5.11 Å². The molecule has 3 heteroatoms. The van der Waals surface area contributed by atoms with Crippen molar-refractivity contribution in [2.45, 2.75) is 77.2 Å². The van der Waals surface area contributed by atoms with Gasteiger partial charge in [0.05, 0.1) is 16.3 Å². The van der Waals surface area contributed by atoms with E-state index in [-0.39, 0.29) is 5.41 Å². The summed E-state index contributed by atoms with van der Waals surface area (Å²) in [5.74, 6) is 0.447. The first-order valence-corrected chi connectivity index (χ1v) is 8.40. The van der Waals surface area contributed by atoms with E-state index in [1.54, 1.807) is 11.3 Å². The zero-order valence-corrected chi connectivity index (χ0v) is 13.5. The Bertz CT molecular complexity index is 421. The molecule has 0 aliphatic heterocycles. The topological polar surface area (TPSA) is 33.1 Å². The summed E-state index contributed by atoms with van der Waals surface area (Å²) in [4.78, 5) is 4.75. The molecule has 0 spiro atoms. The van der Waals surface area contributed by atoms with Crippen LogP contribution < -0.4 is 0 Å². The summed E-state index contributed by atoms with van der Waals surface area (Å²) in [7, 11) is 0. The summed E-state index contributed by atoms with van der Waals surface area (Å²) >= 11 is 1.71. The predicted octanol–water partition coefficient (Wildman–Crippen LogP) is 4.31. The Kier molecular flexibility index (Phi) is 4.36. The van der Waals surface area contributed by atoms with E-state index in [0.29, 0.717) is 5.92 Å². The third-order valence-corrected chi connectivity index (χ3v) is 5.29. The quantitative estimate of drug-likeness (QED) is 0.895. The zero-order chi connectivity index (χ0) is 14.1. The fraction of sp³-hybridized carbons (Fsp3) is 0.812. The second-order valence-electron chi connectivity index (χ2n) is 7.01. The molecule has 2 atom stereocenters. The lowest BCUT2D eigenvalue weighted by Crippen LogP contribution is -2.42. The van der Waals surface area contributed by atoms with Crippen molar-refractivity contribution in [1.82, 2.24) is 4.98 Å². The van der Waals surface area contributed by atoms with Crippen molar-refractivity contribution in [1.29, 1.82) is 0 Å². The van der Waals surface area contributed by atoms with Gasteiger partial charge >= 0.3 is 0 Å². The number of aromatic nitrogens is 1. The van der Waals surface area contributed by atoms with Gasteiger partial charge in [-0.05, 0) is 18.8 Å². The molecule has 1 heterocycles. The first-order valence-electron chi connectivity index (χ1n) is 7.52. The van der Waals surface area contributed by atoms with Crippen LogP contribution in [0.25, 0.3) is 0 Å². The molecule has 0 saturated heterocycles. The van der Waals surface area contributed by atoms with Crippen LogP contribution in [0.15, 0.2) is 5.38 Å². The van der Waals surface area contributed by atoms with Gasteiger partial charge in [-0.3, -0.25) is 0 Å².